The molecule has 5 rings (SSSR count). The molecule has 1 unspecified atom stereocenters. The van der Waals surface area contributed by atoms with Crippen LogP contribution in [0.4, 0.5) is 4.39 Å². The topological polar surface area (TPSA) is 0 Å². The fraction of sp³-hybridized carbons (Fsp3) is 0.167. The van der Waals surface area contributed by atoms with E-state index >= 15 is 0 Å². The molecule has 0 saturated carbocycles. The lowest BCUT2D eigenvalue weighted by atomic mass is 9.78. The summed E-state index contributed by atoms with van der Waals surface area (Å²) in [6, 6.07) is 24.8. The summed E-state index contributed by atoms with van der Waals surface area (Å²) >= 11 is 0. The van der Waals surface area contributed by atoms with E-state index in [9.17, 15) is 4.39 Å². The van der Waals surface area contributed by atoms with Gasteiger partial charge in [0.15, 0.2) is 0 Å². The molecule has 0 radical (unpaired) electrons. The Morgan fingerprint density at radius 2 is 1.64 bits per heavy atom. The zero-order valence-electron chi connectivity index (χ0n) is 14.0. The summed E-state index contributed by atoms with van der Waals surface area (Å²) in [5.74, 6) is 0.286. The maximum absolute atomic E-state index is 13.6. The van der Waals surface area contributed by atoms with Crippen LogP contribution in [0.2, 0.25) is 0 Å². The van der Waals surface area contributed by atoms with Gasteiger partial charge in [-0.15, -0.1) is 0 Å². The first-order valence-corrected chi connectivity index (χ1v) is 8.97. The van der Waals surface area contributed by atoms with Gasteiger partial charge in [-0.1, -0.05) is 60.7 Å². The second-order valence-corrected chi connectivity index (χ2v) is 7.08. The maximum Gasteiger partial charge on any atom is 0.123 e. The molecule has 0 spiro atoms. The molecule has 0 fully saturated rings. The third-order valence-electron chi connectivity index (χ3n) is 5.66. The van der Waals surface area contributed by atoms with Gasteiger partial charge in [0.2, 0.25) is 0 Å². The summed E-state index contributed by atoms with van der Waals surface area (Å²) in [5.41, 5.74) is 4.03. The van der Waals surface area contributed by atoms with E-state index in [1.54, 1.807) is 6.07 Å². The molecular weight excluding hydrogens is 307 g/mol. The molecule has 0 nitrogen and oxygen atoms in total. The van der Waals surface area contributed by atoms with E-state index in [4.69, 9.17) is 0 Å². The van der Waals surface area contributed by atoms with Crippen LogP contribution in [0.3, 0.4) is 0 Å². The van der Waals surface area contributed by atoms with Gasteiger partial charge in [0.25, 0.3) is 0 Å². The lowest BCUT2D eigenvalue weighted by Gasteiger charge is -2.26. The Morgan fingerprint density at radius 3 is 2.56 bits per heavy atom. The van der Waals surface area contributed by atoms with Gasteiger partial charge in [0, 0.05) is 0 Å². The van der Waals surface area contributed by atoms with Gasteiger partial charge in [0.05, 0.1) is 0 Å². The van der Waals surface area contributed by atoms with Gasteiger partial charge in [-0.25, -0.2) is 4.39 Å². The average molecular weight is 326 g/mol. The van der Waals surface area contributed by atoms with Crippen LogP contribution in [0, 0.1) is 5.82 Å². The van der Waals surface area contributed by atoms with Crippen molar-refractivity contribution in [1.82, 2.24) is 0 Å². The molecule has 0 amide bonds. The van der Waals surface area contributed by atoms with Crippen LogP contribution in [-0.2, 0) is 12.8 Å². The largest absolute Gasteiger partial charge is 0.207 e. The van der Waals surface area contributed by atoms with Gasteiger partial charge in [-0.2, -0.15) is 0 Å². The van der Waals surface area contributed by atoms with E-state index in [-0.39, 0.29) is 5.82 Å². The zero-order chi connectivity index (χ0) is 16.8. The van der Waals surface area contributed by atoms with Crippen LogP contribution in [0.15, 0.2) is 72.8 Å². The van der Waals surface area contributed by atoms with Crippen molar-refractivity contribution < 1.29 is 4.39 Å². The molecule has 0 heterocycles. The molecule has 1 aliphatic rings. The summed E-state index contributed by atoms with van der Waals surface area (Å²) in [6.07, 6.45) is 3.15. The standard InChI is InChI=1S/C24H19F/c25-20-6-3-5-17(15-20)18-9-11-22-19(14-18)10-13-23-21-7-2-1-4-16(21)8-12-24(22)23/h1-8,10,12-13,15,18H,9,11,14H2. The van der Waals surface area contributed by atoms with Crippen LogP contribution in [0.5, 0.6) is 0 Å². The van der Waals surface area contributed by atoms with E-state index in [0.29, 0.717) is 5.92 Å². The highest BCUT2D eigenvalue weighted by atomic mass is 19.1. The summed E-state index contributed by atoms with van der Waals surface area (Å²) in [4.78, 5) is 0. The maximum atomic E-state index is 13.6. The van der Waals surface area contributed by atoms with Crippen LogP contribution >= 0.6 is 0 Å². The Bertz CT molecular complexity index is 1090. The molecular formula is C24H19F. The molecule has 4 aromatic carbocycles. The number of rotatable bonds is 1. The minimum absolute atomic E-state index is 0.131. The first-order valence-electron chi connectivity index (χ1n) is 8.97. The van der Waals surface area contributed by atoms with Crippen molar-refractivity contribution in [1.29, 1.82) is 0 Å². The van der Waals surface area contributed by atoms with E-state index in [2.05, 4.69) is 54.6 Å². The Morgan fingerprint density at radius 1 is 0.760 bits per heavy atom. The molecule has 25 heavy (non-hydrogen) atoms. The quantitative estimate of drug-likeness (QED) is 0.355. The van der Waals surface area contributed by atoms with Gasteiger partial charge >= 0.3 is 0 Å². The second-order valence-electron chi connectivity index (χ2n) is 7.08. The fourth-order valence-electron chi connectivity index (χ4n) is 4.41. The lowest BCUT2D eigenvalue weighted by Crippen LogP contribution is -2.13. The van der Waals surface area contributed by atoms with Gasteiger partial charge in [-0.05, 0) is 75.5 Å². The second kappa shape index (κ2) is 5.70. The molecule has 1 atom stereocenters. The molecule has 0 aromatic heterocycles. The van der Waals surface area contributed by atoms with Crippen molar-refractivity contribution in [2.75, 3.05) is 0 Å². The summed E-state index contributed by atoms with van der Waals surface area (Å²) in [5, 5.41) is 5.35. The van der Waals surface area contributed by atoms with E-state index in [1.807, 2.05) is 6.07 Å². The number of benzene rings is 4. The minimum atomic E-state index is -0.131. The van der Waals surface area contributed by atoms with E-state index < -0.39 is 0 Å². The normalized spacial score (nSPS) is 16.9. The molecule has 0 saturated heterocycles. The first kappa shape index (κ1) is 14.7. The Hall–Kier alpha value is -2.67. The number of halogens is 1. The number of hydrogen-bond acceptors (Lipinski definition) is 0. The minimum Gasteiger partial charge on any atom is -0.207 e. The van der Waals surface area contributed by atoms with Crippen LogP contribution < -0.4 is 0 Å². The van der Waals surface area contributed by atoms with Crippen LogP contribution in [0.1, 0.15) is 29.0 Å². The summed E-state index contributed by atoms with van der Waals surface area (Å²) < 4.78 is 13.6. The average Bonchev–Trinajstić information content (AvgIpc) is 2.67. The highest BCUT2D eigenvalue weighted by Gasteiger charge is 2.22. The zero-order valence-corrected chi connectivity index (χ0v) is 14.0. The third-order valence-corrected chi connectivity index (χ3v) is 5.66. The fourth-order valence-corrected chi connectivity index (χ4v) is 4.41. The van der Waals surface area contributed by atoms with Crippen molar-refractivity contribution in [2.24, 2.45) is 0 Å². The predicted molar refractivity (Wildman–Crippen MR) is 103 cm³/mol. The molecule has 0 bridgehead atoms. The highest BCUT2D eigenvalue weighted by Crippen LogP contribution is 2.38. The number of aryl methyl sites for hydroxylation is 1. The molecule has 1 heteroatoms. The Balaban J connectivity index is 1.61. The summed E-state index contributed by atoms with van der Waals surface area (Å²) in [7, 11) is 0. The van der Waals surface area contributed by atoms with Gasteiger partial charge in [-0.3, -0.25) is 0 Å². The molecule has 1 aliphatic carbocycles. The highest BCUT2D eigenvalue weighted by molar-refractivity contribution is 6.08. The third kappa shape index (κ3) is 2.42. The van der Waals surface area contributed by atoms with Crippen molar-refractivity contribution in [3.8, 4) is 0 Å². The van der Waals surface area contributed by atoms with Crippen molar-refractivity contribution in [2.45, 2.75) is 25.2 Å². The van der Waals surface area contributed by atoms with Crippen molar-refractivity contribution >= 4 is 21.5 Å². The van der Waals surface area contributed by atoms with Crippen LogP contribution in [-0.4, -0.2) is 0 Å². The SMILES string of the molecule is Fc1cccc(C2CCc3c(ccc4c3ccc3ccccc34)C2)c1. The Kier molecular flexibility index (Phi) is 3.34. The smallest absolute Gasteiger partial charge is 0.123 e. The summed E-state index contributed by atoms with van der Waals surface area (Å²) in [6.45, 7) is 0. The van der Waals surface area contributed by atoms with Crippen molar-refractivity contribution in [3.63, 3.8) is 0 Å². The van der Waals surface area contributed by atoms with E-state index in [1.165, 1.54) is 38.7 Å². The lowest BCUT2D eigenvalue weighted by molar-refractivity contribution is 0.575. The first-order chi connectivity index (χ1) is 12.3. The molecule has 4 aromatic rings. The molecule has 122 valence electrons. The van der Waals surface area contributed by atoms with Crippen LogP contribution in [0.25, 0.3) is 21.5 Å². The monoisotopic (exact) mass is 326 g/mol. The molecule has 0 aliphatic heterocycles. The van der Waals surface area contributed by atoms with E-state index in [0.717, 1.165) is 24.8 Å². The molecule has 0 N–H and O–H groups in total. The van der Waals surface area contributed by atoms with Gasteiger partial charge in [0.1, 0.15) is 5.82 Å². The number of hydrogen-bond donors (Lipinski definition) is 0. The van der Waals surface area contributed by atoms with Gasteiger partial charge < -0.3 is 0 Å². The Labute approximate surface area is 146 Å². The number of fused-ring (bicyclic) bond motifs is 5. The predicted octanol–water partition coefficient (Wildman–Crippen LogP) is 6.40. The van der Waals surface area contributed by atoms with Crippen molar-refractivity contribution in [3.05, 3.63) is 95.3 Å².